The smallest absolute Gasteiger partial charge is 0.264 e. The maximum absolute atomic E-state index is 13.2. The van der Waals surface area contributed by atoms with Gasteiger partial charge in [-0.1, -0.05) is 30.3 Å². The first kappa shape index (κ1) is 22.9. The third kappa shape index (κ3) is 4.20. The number of para-hydroxylation sites is 1. The highest BCUT2D eigenvalue weighted by molar-refractivity contribution is 7.92. The Bertz CT molecular complexity index is 1560. The van der Waals surface area contributed by atoms with Crippen LogP contribution in [0.3, 0.4) is 0 Å². The lowest BCUT2D eigenvalue weighted by Gasteiger charge is -2.19. The van der Waals surface area contributed by atoms with Crippen LogP contribution in [0.1, 0.15) is 39.9 Å². The summed E-state index contributed by atoms with van der Waals surface area (Å²) >= 11 is 1.38. The van der Waals surface area contributed by atoms with Crippen LogP contribution < -0.4 is 9.62 Å². The summed E-state index contributed by atoms with van der Waals surface area (Å²) in [5.74, 6) is -0.322. The summed E-state index contributed by atoms with van der Waals surface area (Å²) in [6, 6.07) is 20.1. The third-order valence-corrected chi connectivity index (χ3v) is 9.50. The van der Waals surface area contributed by atoms with Gasteiger partial charge in [-0.25, -0.2) is 13.4 Å². The van der Waals surface area contributed by atoms with Crippen LogP contribution in [0, 0.1) is 0 Å². The van der Waals surface area contributed by atoms with Crippen molar-refractivity contribution in [1.29, 1.82) is 0 Å². The van der Waals surface area contributed by atoms with Crippen molar-refractivity contribution in [2.24, 2.45) is 0 Å². The predicted octanol–water partition coefficient (Wildman–Crippen LogP) is 5.69. The monoisotopic (exact) mass is 515 g/mol. The number of sulfonamides is 1. The van der Waals surface area contributed by atoms with Gasteiger partial charge in [0.1, 0.15) is 0 Å². The molecule has 0 fully saturated rings. The Morgan fingerprint density at radius 2 is 1.67 bits per heavy atom. The highest BCUT2D eigenvalue weighted by Crippen LogP contribution is 2.33. The van der Waals surface area contributed by atoms with Crippen LogP contribution in [0.4, 0.5) is 10.8 Å². The summed E-state index contributed by atoms with van der Waals surface area (Å²) in [4.78, 5) is 17.6. The number of anilines is 2. The molecule has 6 rings (SSSR count). The van der Waals surface area contributed by atoms with Crippen molar-refractivity contribution in [3.63, 3.8) is 0 Å². The molecule has 1 aromatic heterocycles. The summed E-state index contributed by atoms with van der Waals surface area (Å²) in [5, 5.41) is 5.31. The molecule has 0 atom stereocenters. The molecule has 1 amide bonds. The number of aryl methyl sites for hydroxylation is 2. The van der Waals surface area contributed by atoms with Crippen molar-refractivity contribution in [1.82, 2.24) is 4.98 Å². The zero-order valence-electron chi connectivity index (χ0n) is 19.6. The van der Waals surface area contributed by atoms with Gasteiger partial charge in [-0.2, -0.15) is 0 Å². The minimum Gasteiger partial charge on any atom is -0.298 e. The van der Waals surface area contributed by atoms with Crippen LogP contribution in [0.25, 0.3) is 11.3 Å². The number of benzene rings is 3. The molecule has 0 saturated heterocycles. The number of hydrogen-bond acceptors (Lipinski definition) is 5. The van der Waals surface area contributed by atoms with Crippen molar-refractivity contribution < 1.29 is 13.2 Å². The molecule has 0 radical (unpaired) electrons. The quantitative estimate of drug-likeness (QED) is 0.370. The van der Waals surface area contributed by atoms with E-state index in [-0.39, 0.29) is 10.8 Å². The van der Waals surface area contributed by atoms with E-state index in [4.69, 9.17) is 0 Å². The van der Waals surface area contributed by atoms with Gasteiger partial charge >= 0.3 is 0 Å². The number of carbonyl (C=O) groups excluding carboxylic acids is 1. The molecule has 1 aliphatic heterocycles. The van der Waals surface area contributed by atoms with E-state index < -0.39 is 10.0 Å². The second kappa shape index (κ2) is 9.19. The Kier molecular flexibility index (Phi) is 5.85. The summed E-state index contributed by atoms with van der Waals surface area (Å²) in [6.07, 6.45) is 5.40. The number of nitrogens with zero attached hydrogens (tertiary/aromatic N) is 2. The summed E-state index contributed by atoms with van der Waals surface area (Å²) in [7, 11) is -3.70. The van der Waals surface area contributed by atoms with Gasteiger partial charge in [-0.3, -0.25) is 14.4 Å². The number of carbonyl (C=O) groups is 1. The number of rotatable bonds is 5. The number of hydrogen-bond donors (Lipinski definition) is 1. The molecule has 2 heterocycles. The zero-order valence-corrected chi connectivity index (χ0v) is 21.2. The highest BCUT2D eigenvalue weighted by Gasteiger charge is 2.30. The summed E-state index contributed by atoms with van der Waals surface area (Å²) < 4.78 is 27.9. The number of aromatic nitrogens is 1. The Morgan fingerprint density at radius 1 is 0.889 bits per heavy atom. The van der Waals surface area contributed by atoms with Crippen molar-refractivity contribution >= 4 is 38.1 Å². The van der Waals surface area contributed by atoms with E-state index in [0.717, 1.165) is 35.3 Å². The van der Waals surface area contributed by atoms with Crippen molar-refractivity contribution in [3.05, 3.63) is 94.4 Å². The number of amides is 1. The first-order valence-corrected chi connectivity index (χ1v) is 14.4. The molecule has 2 aliphatic rings. The van der Waals surface area contributed by atoms with E-state index in [1.807, 2.05) is 29.6 Å². The minimum absolute atomic E-state index is 0.166. The largest absolute Gasteiger partial charge is 0.298 e. The third-order valence-electron chi connectivity index (χ3n) is 6.92. The van der Waals surface area contributed by atoms with Gasteiger partial charge in [-0.05, 0) is 85.2 Å². The van der Waals surface area contributed by atoms with E-state index in [1.54, 1.807) is 12.1 Å². The van der Waals surface area contributed by atoms with Gasteiger partial charge in [0.05, 0.1) is 16.3 Å². The van der Waals surface area contributed by atoms with E-state index in [0.29, 0.717) is 23.7 Å². The molecule has 1 aliphatic carbocycles. The summed E-state index contributed by atoms with van der Waals surface area (Å²) in [6.45, 7) is 0.417. The maximum atomic E-state index is 13.2. The van der Waals surface area contributed by atoms with Gasteiger partial charge in [0.25, 0.3) is 15.9 Å². The highest BCUT2D eigenvalue weighted by atomic mass is 32.2. The normalized spacial score (nSPS) is 14.8. The molecular formula is C28H25N3O3S2. The minimum atomic E-state index is -3.70. The molecule has 36 heavy (non-hydrogen) atoms. The fourth-order valence-electron chi connectivity index (χ4n) is 4.99. The standard InChI is InChI=1S/C28H25N3O3S2/c32-27(30-28-29-25(18-35-28)23-10-9-19-5-1-2-7-22(19)17-23)21-11-13-24(14-12-21)36(33,34)31-16-15-20-6-3-4-8-26(20)31/h3-4,6,8-14,17-18H,1-2,5,7,15-16H2,(H,29,30,32). The molecule has 0 spiro atoms. The molecule has 0 saturated carbocycles. The first-order valence-electron chi connectivity index (χ1n) is 12.1. The lowest BCUT2D eigenvalue weighted by atomic mass is 9.90. The lowest BCUT2D eigenvalue weighted by molar-refractivity contribution is 0.102. The zero-order chi connectivity index (χ0) is 24.7. The van der Waals surface area contributed by atoms with Crippen molar-refractivity contribution in [2.45, 2.75) is 37.0 Å². The molecule has 1 N–H and O–H groups in total. The molecule has 3 aromatic carbocycles. The Morgan fingerprint density at radius 3 is 2.50 bits per heavy atom. The number of nitrogens with one attached hydrogen (secondary N) is 1. The molecule has 182 valence electrons. The Balaban J connectivity index is 1.16. The predicted molar refractivity (Wildman–Crippen MR) is 143 cm³/mol. The van der Waals surface area contributed by atoms with Crippen LogP contribution in [-0.4, -0.2) is 25.9 Å². The van der Waals surface area contributed by atoms with Gasteiger partial charge in [0.15, 0.2) is 5.13 Å². The molecule has 4 aromatic rings. The maximum Gasteiger partial charge on any atom is 0.264 e. The van der Waals surface area contributed by atoms with Crippen LogP contribution in [0.2, 0.25) is 0 Å². The van der Waals surface area contributed by atoms with E-state index >= 15 is 0 Å². The molecular weight excluding hydrogens is 490 g/mol. The van der Waals surface area contributed by atoms with Gasteiger partial charge < -0.3 is 0 Å². The lowest BCUT2D eigenvalue weighted by Crippen LogP contribution is -2.29. The van der Waals surface area contributed by atoms with Crippen LogP contribution in [0.5, 0.6) is 0 Å². The Hall–Kier alpha value is -3.49. The van der Waals surface area contributed by atoms with Crippen molar-refractivity contribution in [2.75, 3.05) is 16.2 Å². The second-order valence-corrected chi connectivity index (χ2v) is 11.9. The fraction of sp³-hybridized carbons (Fsp3) is 0.214. The average molecular weight is 516 g/mol. The number of thiazole rings is 1. The number of fused-ring (bicyclic) bond motifs is 2. The molecule has 8 heteroatoms. The molecule has 0 bridgehead atoms. The topological polar surface area (TPSA) is 79.4 Å². The van der Waals surface area contributed by atoms with Crippen LogP contribution in [-0.2, 0) is 29.3 Å². The van der Waals surface area contributed by atoms with E-state index in [2.05, 4.69) is 28.5 Å². The fourth-order valence-corrected chi connectivity index (χ4v) is 7.21. The molecule has 6 nitrogen and oxygen atoms in total. The SMILES string of the molecule is O=C(Nc1nc(-c2ccc3c(c2)CCCC3)cs1)c1ccc(S(=O)(=O)N2CCc3ccccc32)cc1. The molecule has 0 unspecified atom stereocenters. The summed E-state index contributed by atoms with van der Waals surface area (Å²) in [5.41, 5.74) is 6.84. The van der Waals surface area contributed by atoms with E-state index in [1.165, 1.54) is 51.7 Å². The van der Waals surface area contributed by atoms with Crippen LogP contribution >= 0.6 is 11.3 Å². The van der Waals surface area contributed by atoms with Gasteiger partial charge in [0.2, 0.25) is 0 Å². The van der Waals surface area contributed by atoms with Crippen LogP contribution in [0.15, 0.2) is 77.0 Å². The van der Waals surface area contributed by atoms with Gasteiger partial charge in [0, 0.05) is 23.1 Å². The first-order chi connectivity index (χ1) is 17.5. The van der Waals surface area contributed by atoms with E-state index in [9.17, 15) is 13.2 Å². The van der Waals surface area contributed by atoms with Crippen molar-refractivity contribution in [3.8, 4) is 11.3 Å². The average Bonchev–Trinajstić information content (AvgIpc) is 3.56. The second-order valence-electron chi connectivity index (χ2n) is 9.16. The van der Waals surface area contributed by atoms with Gasteiger partial charge in [-0.15, -0.1) is 11.3 Å². The Labute approximate surface area is 214 Å².